The third kappa shape index (κ3) is 3.63. The van der Waals surface area contributed by atoms with Crippen LogP contribution in [0.4, 0.5) is 0 Å². The second kappa shape index (κ2) is 6.95. The van der Waals surface area contributed by atoms with Crippen molar-refractivity contribution in [2.45, 2.75) is 57.7 Å². The minimum absolute atomic E-state index is 0.0507. The van der Waals surface area contributed by atoms with E-state index in [0.717, 1.165) is 31.5 Å². The molecular weight excluding hydrogens is 360 g/mol. The Balaban J connectivity index is 1.73. The minimum atomic E-state index is -0.214. The van der Waals surface area contributed by atoms with Gasteiger partial charge in [0, 0.05) is 36.9 Å². The van der Waals surface area contributed by atoms with Crippen LogP contribution >= 0.6 is 11.6 Å². The molecule has 2 unspecified atom stereocenters. The van der Waals surface area contributed by atoms with Crippen LogP contribution < -0.4 is 5.32 Å². The molecule has 0 saturated carbocycles. The number of halogens is 1. The van der Waals surface area contributed by atoms with Gasteiger partial charge in [0.05, 0.1) is 16.1 Å². The zero-order chi connectivity index (χ0) is 19.2. The number of carbonyl (C=O) groups is 1. The van der Waals surface area contributed by atoms with Crippen molar-refractivity contribution in [2.24, 2.45) is 0 Å². The summed E-state index contributed by atoms with van der Waals surface area (Å²) in [5.41, 5.74) is 1.90. The Morgan fingerprint density at radius 1 is 1.19 bits per heavy atom. The van der Waals surface area contributed by atoms with Crippen LogP contribution in [-0.2, 0) is 5.54 Å². The van der Waals surface area contributed by atoms with E-state index in [2.05, 4.69) is 26.1 Å². The van der Waals surface area contributed by atoms with Crippen molar-refractivity contribution in [3.8, 4) is 11.3 Å². The van der Waals surface area contributed by atoms with Crippen molar-refractivity contribution in [3.63, 3.8) is 0 Å². The molecule has 2 bridgehead atoms. The molecule has 2 atom stereocenters. The number of carbonyl (C=O) groups excluding carboxylic acids is 1. The SMILES string of the molecule is CC(C)(C)n1cc(C(=O)N2CCC3CCC(C2)N3)c(-c2ccccc2Cl)n1. The fourth-order valence-electron chi connectivity index (χ4n) is 4.02. The number of nitrogens with zero attached hydrogens (tertiary/aromatic N) is 3. The van der Waals surface area contributed by atoms with E-state index in [4.69, 9.17) is 16.7 Å². The number of amides is 1. The summed E-state index contributed by atoms with van der Waals surface area (Å²) in [6.07, 6.45) is 5.27. The van der Waals surface area contributed by atoms with Crippen molar-refractivity contribution in [2.75, 3.05) is 13.1 Å². The van der Waals surface area contributed by atoms with E-state index in [1.807, 2.05) is 40.0 Å². The Labute approximate surface area is 165 Å². The number of nitrogens with one attached hydrogen (secondary N) is 1. The monoisotopic (exact) mass is 386 g/mol. The number of rotatable bonds is 2. The van der Waals surface area contributed by atoms with Gasteiger partial charge in [-0.1, -0.05) is 29.8 Å². The van der Waals surface area contributed by atoms with Crippen molar-refractivity contribution in [1.29, 1.82) is 0 Å². The number of benzene rings is 1. The maximum Gasteiger partial charge on any atom is 0.257 e. The average molecular weight is 387 g/mol. The summed E-state index contributed by atoms with van der Waals surface area (Å²) in [5.74, 6) is 0.0507. The van der Waals surface area contributed by atoms with Gasteiger partial charge in [-0.2, -0.15) is 5.10 Å². The van der Waals surface area contributed by atoms with Crippen LogP contribution in [0.15, 0.2) is 30.5 Å². The Bertz CT molecular complexity index is 854. The quantitative estimate of drug-likeness (QED) is 0.850. The fourth-order valence-corrected chi connectivity index (χ4v) is 4.25. The molecular formula is C21H27ClN4O. The summed E-state index contributed by atoms with van der Waals surface area (Å²) in [4.78, 5) is 15.5. The Morgan fingerprint density at radius 3 is 2.67 bits per heavy atom. The molecule has 0 radical (unpaired) electrons. The zero-order valence-electron chi connectivity index (χ0n) is 16.2. The number of fused-ring (bicyclic) bond motifs is 2. The van der Waals surface area contributed by atoms with Crippen molar-refractivity contribution >= 4 is 17.5 Å². The van der Waals surface area contributed by atoms with Gasteiger partial charge in [0.25, 0.3) is 5.91 Å². The summed E-state index contributed by atoms with van der Waals surface area (Å²) >= 11 is 6.44. The van der Waals surface area contributed by atoms with Crippen LogP contribution in [0.3, 0.4) is 0 Å². The molecule has 4 rings (SSSR count). The lowest BCUT2D eigenvalue weighted by molar-refractivity contribution is 0.0748. The van der Waals surface area contributed by atoms with Crippen molar-refractivity contribution in [3.05, 3.63) is 41.0 Å². The van der Waals surface area contributed by atoms with E-state index in [9.17, 15) is 4.79 Å². The highest BCUT2D eigenvalue weighted by Gasteiger charge is 2.33. The van der Waals surface area contributed by atoms with Gasteiger partial charge in [0.15, 0.2) is 0 Å². The Kier molecular flexibility index (Phi) is 4.77. The zero-order valence-corrected chi connectivity index (χ0v) is 17.0. The molecule has 2 fully saturated rings. The molecule has 3 heterocycles. The molecule has 1 aromatic heterocycles. The summed E-state index contributed by atoms with van der Waals surface area (Å²) < 4.78 is 1.88. The molecule has 2 aromatic rings. The summed E-state index contributed by atoms with van der Waals surface area (Å²) in [6.45, 7) is 7.80. The van der Waals surface area contributed by atoms with Crippen LogP contribution in [0, 0.1) is 0 Å². The lowest BCUT2D eigenvalue weighted by Crippen LogP contribution is -2.39. The number of hydrogen-bond acceptors (Lipinski definition) is 3. The predicted octanol–water partition coefficient (Wildman–Crippen LogP) is 3.93. The molecule has 2 aliphatic rings. The molecule has 2 saturated heterocycles. The standard InChI is InChI=1S/C21H27ClN4O/c1-21(2,3)26-13-17(19(24-26)16-6-4-5-7-18(16)22)20(27)25-11-10-14-8-9-15(12-25)23-14/h4-7,13-15,23H,8-12H2,1-3H3. The van der Waals surface area contributed by atoms with Gasteiger partial charge in [-0.3, -0.25) is 9.48 Å². The third-order valence-electron chi connectivity index (χ3n) is 5.57. The van der Waals surface area contributed by atoms with E-state index in [1.54, 1.807) is 0 Å². The van der Waals surface area contributed by atoms with Gasteiger partial charge in [0.1, 0.15) is 5.69 Å². The smallest absolute Gasteiger partial charge is 0.257 e. The molecule has 144 valence electrons. The number of aromatic nitrogens is 2. The van der Waals surface area contributed by atoms with Crippen LogP contribution in [0.25, 0.3) is 11.3 Å². The maximum absolute atomic E-state index is 13.5. The lowest BCUT2D eigenvalue weighted by Gasteiger charge is -2.24. The van der Waals surface area contributed by atoms with E-state index in [0.29, 0.717) is 28.4 Å². The minimum Gasteiger partial charge on any atom is -0.337 e. The Morgan fingerprint density at radius 2 is 1.93 bits per heavy atom. The van der Waals surface area contributed by atoms with Crippen LogP contribution in [-0.4, -0.2) is 45.8 Å². The largest absolute Gasteiger partial charge is 0.337 e. The fraction of sp³-hybridized carbons (Fsp3) is 0.524. The highest BCUT2D eigenvalue weighted by molar-refractivity contribution is 6.33. The topological polar surface area (TPSA) is 50.2 Å². The highest BCUT2D eigenvalue weighted by atomic mass is 35.5. The highest BCUT2D eigenvalue weighted by Crippen LogP contribution is 2.32. The second-order valence-corrected chi connectivity index (χ2v) is 9.07. The van der Waals surface area contributed by atoms with Crippen LogP contribution in [0.5, 0.6) is 0 Å². The first kappa shape index (κ1) is 18.5. The van der Waals surface area contributed by atoms with Crippen molar-refractivity contribution in [1.82, 2.24) is 20.0 Å². The molecule has 1 amide bonds. The summed E-state index contributed by atoms with van der Waals surface area (Å²) in [7, 11) is 0. The van der Waals surface area contributed by atoms with E-state index in [-0.39, 0.29) is 11.4 Å². The van der Waals surface area contributed by atoms with Gasteiger partial charge in [-0.25, -0.2) is 0 Å². The first-order valence-corrected chi connectivity index (χ1v) is 10.1. The van der Waals surface area contributed by atoms with Gasteiger partial charge in [-0.15, -0.1) is 0 Å². The van der Waals surface area contributed by atoms with Crippen LogP contribution in [0.2, 0.25) is 5.02 Å². The van der Waals surface area contributed by atoms with Crippen molar-refractivity contribution < 1.29 is 4.79 Å². The molecule has 2 aliphatic heterocycles. The maximum atomic E-state index is 13.5. The number of likely N-dealkylation sites (tertiary alicyclic amines) is 1. The van der Waals surface area contributed by atoms with Gasteiger partial charge < -0.3 is 10.2 Å². The third-order valence-corrected chi connectivity index (χ3v) is 5.90. The lowest BCUT2D eigenvalue weighted by atomic mass is 10.0. The first-order valence-electron chi connectivity index (χ1n) is 9.73. The molecule has 27 heavy (non-hydrogen) atoms. The van der Waals surface area contributed by atoms with Gasteiger partial charge in [0.2, 0.25) is 0 Å². The van der Waals surface area contributed by atoms with Gasteiger partial charge >= 0.3 is 0 Å². The first-order chi connectivity index (χ1) is 12.8. The summed E-state index contributed by atoms with van der Waals surface area (Å²) in [6, 6.07) is 8.55. The number of hydrogen-bond donors (Lipinski definition) is 1. The molecule has 6 heteroatoms. The van der Waals surface area contributed by atoms with E-state index in [1.165, 1.54) is 6.42 Å². The van der Waals surface area contributed by atoms with E-state index >= 15 is 0 Å². The predicted molar refractivity (Wildman–Crippen MR) is 108 cm³/mol. The molecule has 1 N–H and O–H groups in total. The van der Waals surface area contributed by atoms with Crippen LogP contribution in [0.1, 0.15) is 50.4 Å². The molecule has 0 spiro atoms. The summed E-state index contributed by atoms with van der Waals surface area (Å²) in [5, 5.41) is 9.02. The molecule has 5 nitrogen and oxygen atoms in total. The second-order valence-electron chi connectivity index (χ2n) is 8.66. The van der Waals surface area contributed by atoms with E-state index < -0.39 is 0 Å². The van der Waals surface area contributed by atoms with Gasteiger partial charge in [-0.05, 0) is 46.1 Å². The Hall–Kier alpha value is -1.85. The normalized spacial score (nSPS) is 22.7. The molecule has 1 aromatic carbocycles. The molecule has 0 aliphatic carbocycles. The average Bonchev–Trinajstić information content (AvgIpc) is 3.18.